The van der Waals surface area contributed by atoms with Gasteiger partial charge < -0.3 is 0 Å². The van der Waals surface area contributed by atoms with Gasteiger partial charge in [0.15, 0.2) is 0 Å². The van der Waals surface area contributed by atoms with Crippen LogP contribution in [-0.2, 0) is 25.4 Å². The van der Waals surface area contributed by atoms with Crippen molar-refractivity contribution in [1.29, 1.82) is 0 Å². The zero-order valence-corrected chi connectivity index (χ0v) is 18.3. The summed E-state index contributed by atoms with van der Waals surface area (Å²) in [6.45, 7) is 2.16. The second-order valence-electron chi connectivity index (χ2n) is 8.57. The van der Waals surface area contributed by atoms with Crippen molar-refractivity contribution in [3.05, 3.63) is 82.2 Å². The first-order valence-electron chi connectivity index (χ1n) is 11.2. The molecule has 1 aliphatic rings. The summed E-state index contributed by atoms with van der Waals surface area (Å²) in [4.78, 5) is 0. The third-order valence-electron chi connectivity index (χ3n) is 6.31. The Labute approximate surface area is 189 Å². The molecule has 33 heavy (non-hydrogen) atoms. The van der Waals surface area contributed by atoms with Crippen LogP contribution in [0.25, 0.3) is 22.3 Å². The fourth-order valence-corrected chi connectivity index (χ4v) is 4.60. The zero-order chi connectivity index (χ0) is 23.8. The van der Waals surface area contributed by atoms with Crippen LogP contribution in [0.2, 0.25) is 0 Å². The van der Waals surface area contributed by atoms with E-state index in [0.29, 0.717) is 36.1 Å². The van der Waals surface area contributed by atoms with E-state index in [2.05, 4.69) is 13.0 Å². The molecule has 0 saturated carbocycles. The fourth-order valence-electron chi connectivity index (χ4n) is 4.60. The van der Waals surface area contributed by atoms with E-state index in [1.54, 1.807) is 0 Å². The van der Waals surface area contributed by atoms with Crippen molar-refractivity contribution >= 4 is 0 Å². The molecule has 0 radical (unpaired) electrons. The van der Waals surface area contributed by atoms with Crippen LogP contribution in [0, 0.1) is 17.5 Å². The normalized spacial score (nSPS) is 13.1. The third-order valence-corrected chi connectivity index (χ3v) is 6.31. The minimum absolute atomic E-state index is 0.258. The summed E-state index contributed by atoms with van der Waals surface area (Å²) < 4.78 is 83.0. The van der Waals surface area contributed by atoms with Gasteiger partial charge in [-0.3, -0.25) is 0 Å². The van der Waals surface area contributed by atoms with Crippen molar-refractivity contribution in [2.75, 3.05) is 0 Å². The Hall–Kier alpha value is -2.76. The van der Waals surface area contributed by atoms with Crippen molar-refractivity contribution < 1.29 is 26.3 Å². The van der Waals surface area contributed by atoms with Gasteiger partial charge in [-0.2, -0.15) is 13.2 Å². The van der Waals surface area contributed by atoms with Gasteiger partial charge in [-0.25, -0.2) is 13.2 Å². The van der Waals surface area contributed by atoms with E-state index >= 15 is 8.78 Å². The second kappa shape index (κ2) is 9.24. The van der Waals surface area contributed by atoms with Crippen molar-refractivity contribution in [2.24, 2.45) is 0 Å². The van der Waals surface area contributed by atoms with Crippen molar-refractivity contribution in [1.82, 2.24) is 0 Å². The molecule has 3 aromatic carbocycles. The number of hydrogen-bond acceptors (Lipinski definition) is 0. The highest BCUT2D eigenvalue weighted by atomic mass is 19.4. The molecule has 0 heterocycles. The van der Waals surface area contributed by atoms with Gasteiger partial charge in [0.1, 0.15) is 17.5 Å². The number of rotatable bonds is 6. The number of aryl methyl sites for hydroxylation is 2. The molecule has 0 atom stereocenters. The molecule has 0 amide bonds. The highest BCUT2D eigenvalue weighted by Gasteiger charge is 2.34. The molecule has 0 N–H and O–H groups in total. The van der Waals surface area contributed by atoms with Crippen LogP contribution in [0.1, 0.15) is 54.9 Å². The van der Waals surface area contributed by atoms with Crippen LogP contribution < -0.4 is 0 Å². The molecule has 0 spiro atoms. The van der Waals surface area contributed by atoms with Gasteiger partial charge in [-0.15, -0.1) is 0 Å². The second-order valence-corrected chi connectivity index (χ2v) is 8.57. The van der Waals surface area contributed by atoms with Crippen LogP contribution in [0.4, 0.5) is 26.3 Å². The van der Waals surface area contributed by atoms with E-state index in [0.717, 1.165) is 30.0 Å². The minimum atomic E-state index is -4.88. The van der Waals surface area contributed by atoms with Crippen LogP contribution in [0.3, 0.4) is 0 Å². The van der Waals surface area contributed by atoms with Gasteiger partial charge in [0, 0.05) is 0 Å². The number of halogens is 6. The smallest absolute Gasteiger partial charge is 0.206 e. The Morgan fingerprint density at radius 2 is 1.58 bits per heavy atom. The third kappa shape index (κ3) is 4.66. The van der Waals surface area contributed by atoms with Gasteiger partial charge >= 0.3 is 6.18 Å². The molecule has 0 aromatic heterocycles. The molecule has 0 nitrogen and oxygen atoms in total. The largest absolute Gasteiger partial charge is 0.419 e. The highest BCUT2D eigenvalue weighted by molar-refractivity contribution is 5.78. The number of hydrogen-bond donors (Lipinski definition) is 0. The molecule has 0 fully saturated rings. The molecule has 1 aliphatic carbocycles. The average molecular weight is 462 g/mol. The van der Waals surface area contributed by atoms with Crippen molar-refractivity contribution in [3.8, 4) is 22.3 Å². The van der Waals surface area contributed by atoms with E-state index in [-0.39, 0.29) is 5.56 Å². The lowest BCUT2D eigenvalue weighted by molar-refractivity contribution is -0.139. The topological polar surface area (TPSA) is 0 Å². The predicted octanol–water partition coefficient (Wildman–Crippen LogP) is 8.68. The highest BCUT2D eigenvalue weighted by Crippen LogP contribution is 2.41. The minimum Gasteiger partial charge on any atom is -0.206 e. The summed E-state index contributed by atoms with van der Waals surface area (Å²) in [6.07, 6.45) is 1.62. The molecule has 0 bridgehead atoms. The average Bonchev–Trinajstić information content (AvgIpc) is 2.75. The molecule has 0 unspecified atom stereocenters. The Kier molecular flexibility index (Phi) is 6.55. The molecule has 0 aliphatic heterocycles. The number of fused-ring (bicyclic) bond motifs is 3. The summed E-state index contributed by atoms with van der Waals surface area (Å²) in [5, 5.41) is 0. The summed E-state index contributed by atoms with van der Waals surface area (Å²) >= 11 is 0. The van der Waals surface area contributed by atoms with E-state index < -0.39 is 34.8 Å². The SMILES string of the molecule is CCCCCCc1ccc2c(c1)CCc1c-2cc(F)c(-c2ccc(C(F)(F)F)c(F)c2)c1F. The molecule has 6 heteroatoms. The number of alkyl halides is 3. The first kappa shape index (κ1) is 23.4. The van der Waals surface area contributed by atoms with E-state index in [1.165, 1.54) is 30.9 Å². The van der Waals surface area contributed by atoms with Crippen LogP contribution in [0.15, 0.2) is 42.5 Å². The van der Waals surface area contributed by atoms with Crippen LogP contribution >= 0.6 is 0 Å². The maximum Gasteiger partial charge on any atom is 0.419 e. The van der Waals surface area contributed by atoms with Crippen LogP contribution in [-0.4, -0.2) is 0 Å². The quantitative estimate of drug-likeness (QED) is 0.254. The van der Waals surface area contributed by atoms with Gasteiger partial charge in [0.25, 0.3) is 0 Å². The first-order valence-corrected chi connectivity index (χ1v) is 11.2. The van der Waals surface area contributed by atoms with Gasteiger partial charge in [-0.05, 0) is 77.3 Å². The van der Waals surface area contributed by atoms with E-state index in [1.807, 2.05) is 12.1 Å². The molecule has 0 saturated heterocycles. The Bertz CT molecular complexity index is 1180. The molecular formula is C27H24F6. The molecule has 4 rings (SSSR count). The Balaban J connectivity index is 1.69. The number of benzene rings is 3. The summed E-state index contributed by atoms with van der Waals surface area (Å²) in [5.74, 6) is -3.34. The Morgan fingerprint density at radius 3 is 2.27 bits per heavy atom. The fraction of sp³-hybridized carbons (Fsp3) is 0.333. The summed E-state index contributed by atoms with van der Waals surface area (Å²) in [6, 6.07) is 9.13. The van der Waals surface area contributed by atoms with Crippen molar-refractivity contribution in [2.45, 2.75) is 58.0 Å². The Morgan fingerprint density at radius 1 is 0.788 bits per heavy atom. The monoisotopic (exact) mass is 462 g/mol. The molecule has 3 aromatic rings. The lowest BCUT2D eigenvalue weighted by atomic mass is 9.82. The maximum atomic E-state index is 15.4. The van der Waals surface area contributed by atoms with Gasteiger partial charge in [-0.1, -0.05) is 50.5 Å². The lowest BCUT2D eigenvalue weighted by Gasteiger charge is -2.23. The van der Waals surface area contributed by atoms with E-state index in [9.17, 15) is 17.6 Å². The predicted molar refractivity (Wildman–Crippen MR) is 117 cm³/mol. The first-order chi connectivity index (χ1) is 15.7. The summed E-state index contributed by atoms with van der Waals surface area (Å²) in [5.41, 5.74) is 1.51. The lowest BCUT2D eigenvalue weighted by Crippen LogP contribution is -2.10. The zero-order valence-electron chi connectivity index (χ0n) is 18.3. The maximum absolute atomic E-state index is 15.4. The van der Waals surface area contributed by atoms with E-state index in [4.69, 9.17) is 0 Å². The van der Waals surface area contributed by atoms with Gasteiger partial charge in [0.05, 0.1) is 11.1 Å². The number of unbranched alkanes of at least 4 members (excludes halogenated alkanes) is 3. The van der Waals surface area contributed by atoms with Crippen molar-refractivity contribution in [3.63, 3.8) is 0 Å². The molecular weight excluding hydrogens is 438 g/mol. The van der Waals surface area contributed by atoms with Crippen LogP contribution in [0.5, 0.6) is 0 Å². The molecule has 174 valence electrons. The summed E-state index contributed by atoms with van der Waals surface area (Å²) in [7, 11) is 0. The standard InChI is InChI=1S/C27H24F6/c1-2-3-4-5-6-16-7-10-19-17(13-16)8-11-20-21(19)15-24(29)25(26(20)30)18-9-12-22(23(28)14-18)27(31,32)33/h7,9-10,12-15H,2-6,8,11H2,1H3. The van der Waals surface area contributed by atoms with Gasteiger partial charge in [0.2, 0.25) is 0 Å².